The summed E-state index contributed by atoms with van der Waals surface area (Å²) in [5, 5.41) is 0. The minimum absolute atomic E-state index is 0.0572. The Balaban J connectivity index is 2.29. The number of rotatable bonds is 1. The molecule has 4 heteroatoms. The van der Waals surface area contributed by atoms with Crippen molar-refractivity contribution in [2.75, 3.05) is 0 Å². The SMILES string of the molecule is CC(=O)c1c2c(c(Br)c3c1OC(C)C3)OC(C)C2. The van der Waals surface area contributed by atoms with Gasteiger partial charge < -0.3 is 9.47 Å². The summed E-state index contributed by atoms with van der Waals surface area (Å²) >= 11 is 3.61. The molecule has 3 rings (SSSR count). The summed E-state index contributed by atoms with van der Waals surface area (Å²) in [7, 11) is 0. The average molecular weight is 311 g/mol. The van der Waals surface area contributed by atoms with Crippen molar-refractivity contribution in [2.45, 2.75) is 45.8 Å². The summed E-state index contributed by atoms with van der Waals surface area (Å²) in [6, 6.07) is 0. The van der Waals surface area contributed by atoms with E-state index >= 15 is 0 Å². The number of halogens is 1. The fourth-order valence-corrected chi connectivity index (χ4v) is 3.51. The predicted octanol–water partition coefficient (Wildman–Crippen LogP) is 3.30. The van der Waals surface area contributed by atoms with Gasteiger partial charge >= 0.3 is 0 Å². The maximum Gasteiger partial charge on any atom is 0.163 e. The van der Waals surface area contributed by atoms with Gasteiger partial charge in [-0.1, -0.05) is 0 Å². The molecule has 1 aromatic rings. The molecule has 0 bridgehead atoms. The molecule has 2 atom stereocenters. The summed E-state index contributed by atoms with van der Waals surface area (Å²) in [5.41, 5.74) is 2.78. The zero-order chi connectivity index (χ0) is 13.0. The lowest BCUT2D eigenvalue weighted by Gasteiger charge is -2.13. The average Bonchev–Trinajstić information content (AvgIpc) is 2.81. The van der Waals surface area contributed by atoms with E-state index < -0.39 is 0 Å². The highest BCUT2D eigenvalue weighted by Gasteiger charge is 2.36. The summed E-state index contributed by atoms with van der Waals surface area (Å²) in [4.78, 5) is 11.9. The fourth-order valence-electron chi connectivity index (χ4n) is 2.83. The van der Waals surface area contributed by atoms with E-state index in [1.165, 1.54) is 0 Å². The van der Waals surface area contributed by atoms with Gasteiger partial charge in [0, 0.05) is 24.0 Å². The molecule has 2 aliphatic rings. The van der Waals surface area contributed by atoms with Crippen LogP contribution in [-0.4, -0.2) is 18.0 Å². The van der Waals surface area contributed by atoms with Crippen LogP contribution in [0.25, 0.3) is 0 Å². The molecular weight excluding hydrogens is 296 g/mol. The summed E-state index contributed by atoms with van der Waals surface area (Å²) in [5.74, 6) is 1.66. The van der Waals surface area contributed by atoms with E-state index in [0.29, 0.717) is 0 Å². The number of carbonyl (C=O) groups is 1. The van der Waals surface area contributed by atoms with E-state index in [1.54, 1.807) is 6.92 Å². The monoisotopic (exact) mass is 310 g/mol. The van der Waals surface area contributed by atoms with Crippen molar-refractivity contribution >= 4 is 21.7 Å². The first-order chi connectivity index (χ1) is 8.49. The number of hydrogen-bond acceptors (Lipinski definition) is 3. The smallest absolute Gasteiger partial charge is 0.163 e. The maximum atomic E-state index is 11.9. The molecule has 1 aromatic carbocycles. The molecular formula is C14H15BrO3. The Morgan fingerprint density at radius 3 is 2.28 bits per heavy atom. The summed E-state index contributed by atoms with van der Waals surface area (Å²) in [6.07, 6.45) is 1.83. The van der Waals surface area contributed by atoms with E-state index in [0.717, 1.165) is 45.5 Å². The van der Waals surface area contributed by atoms with Crippen molar-refractivity contribution in [2.24, 2.45) is 0 Å². The normalized spacial score (nSPS) is 24.2. The van der Waals surface area contributed by atoms with E-state index in [4.69, 9.17) is 9.47 Å². The molecule has 2 unspecified atom stereocenters. The van der Waals surface area contributed by atoms with Gasteiger partial charge in [-0.3, -0.25) is 4.79 Å². The third kappa shape index (κ3) is 1.58. The van der Waals surface area contributed by atoms with E-state index in [2.05, 4.69) is 15.9 Å². The molecule has 0 aliphatic carbocycles. The van der Waals surface area contributed by atoms with Gasteiger partial charge in [0.05, 0.1) is 10.0 Å². The van der Waals surface area contributed by atoms with Crippen LogP contribution < -0.4 is 9.47 Å². The molecule has 0 amide bonds. The van der Waals surface area contributed by atoms with Crippen LogP contribution in [0.15, 0.2) is 4.47 Å². The number of carbonyl (C=O) groups excluding carboxylic acids is 1. The lowest BCUT2D eigenvalue weighted by Crippen LogP contribution is -2.09. The minimum Gasteiger partial charge on any atom is -0.489 e. The molecule has 0 saturated carbocycles. The highest BCUT2D eigenvalue weighted by atomic mass is 79.9. The topological polar surface area (TPSA) is 35.5 Å². The standard InChI is InChI=1S/C14H15BrO3/c1-6-4-9-11(8(3)16)13-10(5-7(2)17-13)12(15)14(9)18-6/h6-7H,4-5H2,1-3H3. The molecule has 3 nitrogen and oxygen atoms in total. The molecule has 0 fully saturated rings. The number of hydrogen-bond donors (Lipinski definition) is 0. The summed E-state index contributed by atoms with van der Waals surface area (Å²) < 4.78 is 12.6. The van der Waals surface area contributed by atoms with Crippen LogP contribution in [0.3, 0.4) is 0 Å². The Morgan fingerprint density at radius 2 is 1.67 bits per heavy atom. The van der Waals surface area contributed by atoms with Crippen LogP contribution in [0.4, 0.5) is 0 Å². The second-order valence-corrected chi connectivity index (χ2v) is 5.92. The van der Waals surface area contributed by atoms with Crippen molar-refractivity contribution in [1.29, 1.82) is 0 Å². The first-order valence-corrected chi connectivity index (χ1v) is 6.99. The van der Waals surface area contributed by atoms with Gasteiger partial charge in [0.25, 0.3) is 0 Å². The van der Waals surface area contributed by atoms with Crippen LogP contribution in [-0.2, 0) is 12.8 Å². The summed E-state index contributed by atoms with van der Waals surface area (Å²) in [6.45, 7) is 5.63. The van der Waals surface area contributed by atoms with E-state index in [9.17, 15) is 4.79 Å². The highest BCUT2D eigenvalue weighted by Crippen LogP contribution is 2.49. The number of fused-ring (bicyclic) bond motifs is 2. The molecule has 2 aliphatic heterocycles. The van der Waals surface area contributed by atoms with Crippen molar-refractivity contribution in [3.63, 3.8) is 0 Å². The van der Waals surface area contributed by atoms with Gasteiger partial charge in [-0.25, -0.2) is 0 Å². The molecule has 18 heavy (non-hydrogen) atoms. The number of ether oxygens (including phenoxy) is 2. The minimum atomic E-state index is 0.0572. The van der Waals surface area contributed by atoms with Gasteiger partial charge in [0.2, 0.25) is 0 Å². The number of ketones is 1. The maximum absolute atomic E-state index is 11.9. The van der Waals surface area contributed by atoms with Crippen molar-refractivity contribution in [1.82, 2.24) is 0 Å². The van der Waals surface area contributed by atoms with Crippen LogP contribution in [0.2, 0.25) is 0 Å². The second kappa shape index (κ2) is 3.98. The first kappa shape index (κ1) is 12.0. The molecule has 0 N–H and O–H groups in total. The first-order valence-electron chi connectivity index (χ1n) is 6.20. The third-order valence-electron chi connectivity index (χ3n) is 3.51. The third-order valence-corrected chi connectivity index (χ3v) is 4.35. The zero-order valence-electron chi connectivity index (χ0n) is 10.7. The largest absolute Gasteiger partial charge is 0.489 e. The molecule has 2 heterocycles. The predicted molar refractivity (Wildman–Crippen MR) is 71.7 cm³/mol. The lowest BCUT2D eigenvalue weighted by molar-refractivity contribution is 0.101. The Morgan fingerprint density at radius 1 is 1.11 bits per heavy atom. The van der Waals surface area contributed by atoms with Gasteiger partial charge in [-0.05, 0) is 36.7 Å². The molecule has 0 spiro atoms. The Labute approximate surface area is 115 Å². The Kier molecular flexibility index (Phi) is 2.66. The van der Waals surface area contributed by atoms with Crippen LogP contribution in [0.5, 0.6) is 11.5 Å². The second-order valence-electron chi connectivity index (χ2n) is 5.13. The molecule has 0 saturated heterocycles. The quantitative estimate of drug-likeness (QED) is 0.747. The van der Waals surface area contributed by atoms with Gasteiger partial charge in [0.1, 0.15) is 23.7 Å². The van der Waals surface area contributed by atoms with Crippen LogP contribution in [0.1, 0.15) is 42.3 Å². The van der Waals surface area contributed by atoms with Crippen molar-refractivity contribution in [3.05, 3.63) is 21.2 Å². The number of benzene rings is 1. The molecule has 96 valence electrons. The van der Waals surface area contributed by atoms with Crippen LogP contribution >= 0.6 is 15.9 Å². The molecule has 0 aromatic heterocycles. The van der Waals surface area contributed by atoms with Crippen LogP contribution in [0, 0.1) is 0 Å². The number of Topliss-reactive ketones (excluding diaryl/α,β-unsaturated/α-hetero) is 1. The van der Waals surface area contributed by atoms with Crippen molar-refractivity contribution < 1.29 is 14.3 Å². The lowest BCUT2D eigenvalue weighted by atomic mass is 9.96. The Hall–Kier alpha value is -1.03. The van der Waals surface area contributed by atoms with Gasteiger partial charge in [0.15, 0.2) is 5.78 Å². The van der Waals surface area contributed by atoms with Gasteiger partial charge in [-0.15, -0.1) is 0 Å². The van der Waals surface area contributed by atoms with E-state index in [1.807, 2.05) is 13.8 Å². The van der Waals surface area contributed by atoms with Crippen molar-refractivity contribution in [3.8, 4) is 11.5 Å². The molecule has 0 radical (unpaired) electrons. The fraction of sp³-hybridized carbons (Fsp3) is 0.500. The zero-order valence-corrected chi connectivity index (χ0v) is 12.3. The van der Waals surface area contributed by atoms with Gasteiger partial charge in [-0.2, -0.15) is 0 Å². The highest BCUT2D eigenvalue weighted by molar-refractivity contribution is 9.10. The Bertz CT molecular complexity index is 511. The van der Waals surface area contributed by atoms with E-state index in [-0.39, 0.29) is 18.0 Å².